The molecule has 0 aliphatic carbocycles. The van der Waals surface area contributed by atoms with Crippen molar-refractivity contribution in [2.24, 2.45) is 0 Å². The van der Waals surface area contributed by atoms with Crippen molar-refractivity contribution in [3.63, 3.8) is 0 Å². The molecule has 0 saturated carbocycles. The average molecular weight is 236 g/mol. The van der Waals surface area contributed by atoms with Crippen LogP contribution in [-0.4, -0.2) is 43.3 Å². The summed E-state index contributed by atoms with van der Waals surface area (Å²) in [6, 6.07) is 2.69. The van der Waals surface area contributed by atoms with E-state index in [1.165, 1.54) is 24.9 Å². The highest BCUT2D eigenvalue weighted by Crippen LogP contribution is 2.22. The van der Waals surface area contributed by atoms with Gasteiger partial charge in [-0.15, -0.1) is 0 Å². The highest BCUT2D eigenvalue weighted by Gasteiger charge is 2.31. The molecule has 2 unspecified atom stereocenters. The van der Waals surface area contributed by atoms with Crippen molar-refractivity contribution in [3.8, 4) is 0 Å². The van der Waals surface area contributed by atoms with E-state index in [0.29, 0.717) is 12.1 Å². The molecule has 0 aromatic carbocycles. The maximum atomic E-state index is 5.88. The van der Waals surface area contributed by atoms with E-state index in [1.54, 1.807) is 12.5 Å². The fourth-order valence-corrected chi connectivity index (χ4v) is 2.78. The standard InChI is InChI=1S/C13H20N2O2/c1-2-12-10-17-13(8-15(12)4-1)7-14-6-11-3-5-16-9-11/h3,5,9,12-14H,1-2,4,6-8,10H2. The van der Waals surface area contributed by atoms with Gasteiger partial charge in [0.25, 0.3) is 0 Å². The number of fused-ring (bicyclic) bond motifs is 1. The number of furan rings is 1. The first-order valence-corrected chi connectivity index (χ1v) is 6.49. The number of rotatable bonds is 4. The molecule has 0 bridgehead atoms. The summed E-state index contributed by atoms with van der Waals surface area (Å²) in [7, 11) is 0. The predicted octanol–water partition coefficient (Wildman–Crippen LogP) is 1.23. The molecule has 1 N–H and O–H groups in total. The van der Waals surface area contributed by atoms with E-state index in [-0.39, 0.29) is 0 Å². The van der Waals surface area contributed by atoms with Crippen LogP contribution < -0.4 is 5.32 Å². The number of ether oxygens (including phenoxy) is 1. The van der Waals surface area contributed by atoms with Gasteiger partial charge in [-0.2, -0.15) is 0 Å². The minimum absolute atomic E-state index is 0.344. The van der Waals surface area contributed by atoms with Crippen LogP contribution in [0.15, 0.2) is 23.0 Å². The monoisotopic (exact) mass is 236 g/mol. The van der Waals surface area contributed by atoms with Gasteiger partial charge in [0.05, 0.1) is 25.2 Å². The molecule has 2 fully saturated rings. The van der Waals surface area contributed by atoms with Gasteiger partial charge in [-0.25, -0.2) is 0 Å². The van der Waals surface area contributed by atoms with Gasteiger partial charge in [0.2, 0.25) is 0 Å². The van der Waals surface area contributed by atoms with Crippen LogP contribution in [0.2, 0.25) is 0 Å². The molecular formula is C13H20N2O2. The van der Waals surface area contributed by atoms with E-state index in [9.17, 15) is 0 Å². The molecule has 2 atom stereocenters. The molecule has 3 heterocycles. The van der Waals surface area contributed by atoms with Gasteiger partial charge in [-0.1, -0.05) is 0 Å². The van der Waals surface area contributed by atoms with E-state index < -0.39 is 0 Å². The summed E-state index contributed by atoms with van der Waals surface area (Å²) in [5, 5.41) is 3.43. The van der Waals surface area contributed by atoms with Crippen molar-refractivity contribution in [2.75, 3.05) is 26.2 Å². The summed E-state index contributed by atoms with van der Waals surface area (Å²) in [5.74, 6) is 0. The van der Waals surface area contributed by atoms with E-state index in [1.807, 2.05) is 6.07 Å². The van der Waals surface area contributed by atoms with Gasteiger partial charge in [-0.05, 0) is 25.5 Å². The summed E-state index contributed by atoms with van der Waals surface area (Å²) in [5.41, 5.74) is 1.19. The van der Waals surface area contributed by atoms with Crippen LogP contribution in [0.25, 0.3) is 0 Å². The van der Waals surface area contributed by atoms with Crippen LogP contribution in [0.3, 0.4) is 0 Å². The highest BCUT2D eigenvalue weighted by molar-refractivity contribution is 5.04. The van der Waals surface area contributed by atoms with E-state index in [2.05, 4.69) is 10.2 Å². The third-order valence-corrected chi connectivity index (χ3v) is 3.74. The maximum Gasteiger partial charge on any atom is 0.0947 e. The molecule has 3 rings (SSSR count). The number of nitrogens with zero attached hydrogens (tertiary/aromatic N) is 1. The number of hydrogen-bond donors (Lipinski definition) is 1. The lowest BCUT2D eigenvalue weighted by Crippen LogP contribution is -2.49. The quantitative estimate of drug-likeness (QED) is 0.853. The fourth-order valence-electron chi connectivity index (χ4n) is 2.78. The third kappa shape index (κ3) is 2.70. The van der Waals surface area contributed by atoms with Crippen molar-refractivity contribution in [1.82, 2.24) is 10.2 Å². The molecule has 1 aromatic heterocycles. The Kier molecular flexibility index (Phi) is 3.45. The lowest BCUT2D eigenvalue weighted by molar-refractivity contribution is -0.0470. The molecule has 1 aromatic rings. The summed E-state index contributed by atoms with van der Waals surface area (Å²) < 4.78 is 10.9. The van der Waals surface area contributed by atoms with Crippen molar-refractivity contribution in [3.05, 3.63) is 24.2 Å². The molecule has 4 heteroatoms. The highest BCUT2D eigenvalue weighted by atomic mass is 16.5. The van der Waals surface area contributed by atoms with Crippen LogP contribution in [0.5, 0.6) is 0 Å². The Morgan fingerprint density at radius 1 is 1.47 bits per heavy atom. The molecule has 2 aliphatic rings. The Morgan fingerprint density at radius 2 is 2.47 bits per heavy atom. The number of nitrogens with one attached hydrogen (secondary N) is 1. The normalized spacial score (nSPS) is 29.4. The Bertz CT molecular complexity index is 339. The second kappa shape index (κ2) is 5.21. The molecular weight excluding hydrogens is 216 g/mol. The average Bonchev–Trinajstić information content (AvgIpc) is 2.98. The molecule has 0 radical (unpaired) electrons. The fraction of sp³-hybridized carbons (Fsp3) is 0.692. The lowest BCUT2D eigenvalue weighted by atomic mass is 10.2. The van der Waals surface area contributed by atoms with Crippen molar-refractivity contribution in [1.29, 1.82) is 0 Å². The van der Waals surface area contributed by atoms with Gasteiger partial charge in [-0.3, -0.25) is 4.90 Å². The Balaban J connectivity index is 1.40. The Morgan fingerprint density at radius 3 is 3.35 bits per heavy atom. The summed E-state index contributed by atoms with van der Waals surface area (Å²) in [6.45, 7) is 5.04. The Labute approximate surface area is 102 Å². The van der Waals surface area contributed by atoms with Crippen molar-refractivity contribution in [2.45, 2.75) is 31.5 Å². The smallest absolute Gasteiger partial charge is 0.0947 e. The summed E-state index contributed by atoms with van der Waals surface area (Å²) in [6.07, 6.45) is 6.49. The van der Waals surface area contributed by atoms with E-state index >= 15 is 0 Å². The third-order valence-electron chi connectivity index (χ3n) is 3.74. The topological polar surface area (TPSA) is 37.6 Å². The first-order chi connectivity index (χ1) is 8.42. The Hall–Kier alpha value is -0.840. The lowest BCUT2D eigenvalue weighted by Gasteiger charge is -2.35. The molecule has 2 aliphatic heterocycles. The maximum absolute atomic E-state index is 5.88. The zero-order valence-corrected chi connectivity index (χ0v) is 10.1. The molecule has 2 saturated heterocycles. The van der Waals surface area contributed by atoms with Gasteiger partial charge >= 0.3 is 0 Å². The molecule has 0 amide bonds. The van der Waals surface area contributed by atoms with Gasteiger partial charge in [0.1, 0.15) is 0 Å². The molecule has 17 heavy (non-hydrogen) atoms. The zero-order chi connectivity index (χ0) is 11.5. The largest absolute Gasteiger partial charge is 0.472 e. The first kappa shape index (κ1) is 11.3. The molecule has 4 nitrogen and oxygen atoms in total. The van der Waals surface area contributed by atoms with Gasteiger partial charge < -0.3 is 14.5 Å². The van der Waals surface area contributed by atoms with Gasteiger partial charge in [0.15, 0.2) is 0 Å². The summed E-state index contributed by atoms with van der Waals surface area (Å²) >= 11 is 0. The number of morpholine rings is 1. The van der Waals surface area contributed by atoms with Crippen molar-refractivity contribution < 1.29 is 9.15 Å². The van der Waals surface area contributed by atoms with E-state index in [4.69, 9.17) is 9.15 Å². The minimum Gasteiger partial charge on any atom is -0.472 e. The second-order valence-electron chi connectivity index (χ2n) is 5.01. The molecule has 0 spiro atoms. The SMILES string of the molecule is c1cc(CNCC2CN3CCCC3CO2)co1. The first-order valence-electron chi connectivity index (χ1n) is 6.49. The van der Waals surface area contributed by atoms with Gasteiger partial charge in [0, 0.05) is 31.2 Å². The summed E-state index contributed by atoms with van der Waals surface area (Å²) in [4.78, 5) is 2.58. The van der Waals surface area contributed by atoms with Crippen LogP contribution in [0.1, 0.15) is 18.4 Å². The molecule has 94 valence electrons. The zero-order valence-electron chi connectivity index (χ0n) is 10.1. The van der Waals surface area contributed by atoms with Crippen LogP contribution >= 0.6 is 0 Å². The van der Waals surface area contributed by atoms with Crippen LogP contribution in [0, 0.1) is 0 Å². The van der Waals surface area contributed by atoms with Crippen LogP contribution in [-0.2, 0) is 11.3 Å². The second-order valence-corrected chi connectivity index (χ2v) is 5.01. The van der Waals surface area contributed by atoms with Crippen molar-refractivity contribution >= 4 is 0 Å². The minimum atomic E-state index is 0.344. The van der Waals surface area contributed by atoms with Crippen LogP contribution in [0.4, 0.5) is 0 Å². The number of hydrogen-bond acceptors (Lipinski definition) is 4. The predicted molar refractivity (Wildman–Crippen MR) is 64.7 cm³/mol. The van der Waals surface area contributed by atoms with E-state index in [0.717, 1.165) is 26.2 Å².